The number of aliphatic hydroxyl groups is 1. The van der Waals surface area contributed by atoms with Crippen molar-refractivity contribution in [3.63, 3.8) is 0 Å². The number of hydrogen-bond donors (Lipinski definition) is 1. The molecule has 0 saturated heterocycles. The monoisotopic (exact) mass is 510 g/mol. The molecule has 4 rings (SSSR count). The lowest BCUT2D eigenvalue weighted by Crippen LogP contribution is -2.34. The minimum absolute atomic E-state index is 0.00665. The molecule has 2 aromatic rings. The van der Waals surface area contributed by atoms with Gasteiger partial charge in [0.25, 0.3) is 3.91 Å². The van der Waals surface area contributed by atoms with Gasteiger partial charge in [-0.15, -0.1) is 0 Å². The highest BCUT2D eigenvalue weighted by Gasteiger charge is 2.28. The number of halogens is 1. The molecule has 0 aromatic carbocycles. The summed E-state index contributed by atoms with van der Waals surface area (Å²) in [5.41, 5.74) is 3.34. The molecule has 0 fully saturated rings. The number of rotatable bonds is 4. The summed E-state index contributed by atoms with van der Waals surface area (Å²) >= 11 is 1.78. The van der Waals surface area contributed by atoms with Crippen LogP contribution in [0.1, 0.15) is 42.2 Å². The summed E-state index contributed by atoms with van der Waals surface area (Å²) in [6.07, 6.45) is 4.42. The van der Waals surface area contributed by atoms with E-state index in [1.807, 2.05) is 6.20 Å². The minimum atomic E-state index is -0.835. The highest BCUT2D eigenvalue weighted by atomic mass is 127. The van der Waals surface area contributed by atoms with Crippen LogP contribution in [0, 0.1) is 0 Å². The van der Waals surface area contributed by atoms with Gasteiger partial charge in [-0.05, 0) is 13.8 Å². The van der Waals surface area contributed by atoms with Crippen molar-refractivity contribution >= 4 is 32.4 Å². The van der Waals surface area contributed by atoms with Crippen LogP contribution in [0.2, 0.25) is 0 Å². The van der Waals surface area contributed by atoms with Gasteiger partial charge in [0.05, 0.1) is 54.4 Å². The number of aromatic nitrogens is 4. The Morgan fingerprint density at radius 2 is 1.93 bits per heavy atom. The number of nitrogens with zero attached hydrogens (tertiary/aromatic N) is 6. The van der Waals surface area contributed by atoms with Crippen molar-refractivity contribution in [3.05, 3.63) is 40.7 Å². The molecular formula is C19H23IN6O3. The molecule has 1 N–H and O–H groups in total. The van der Waals surface area contributed by atoms with E-state index >= 15 is 0 Å². The topological polar surface area (TPSA) is 104 Å². The molecule has 9 nitrogen and oxygen atoms in total. The van der Waals surface area contributed by atoms with Gasteiger partial charge in [-0.2, -0.15) is 5.10 Å². The van der Waals surface area contributed by atoms with Gasteiger partial charge in [0, 0.05) is 60.1 Å². The standard InChI is InChI=1S/C19H23IN6O3/c1-19(2,29)11-26-8-12-7-25(9-15(12)23-26)17(27)5-13-6-21-14-3-4-24(18(20)28)10-16(14)22-13/h6,8,29H,3-5,7,9-11H2,1-2H3. The molecule has 154 valence electrons. The maximum Gasteiger partial charge on any atom is 0.283 e. The summed E-state index contributed by atoms with van der Waals surface area (Å²) in [4.78, 5) is 36.9. The predicted octanol–water partition coefficient (Wildman–Crippen LogP) is 1.44. The Morgan fingerprint density at radius 1 is 1.17 bits per heavy atom. The average Bonchev–Trinajstić information content (AvgIpc) is 3.18. The van der Waals surface area contributed by atoms with Crippen molar-refractivity contribution in [2.45, 2.75) is 58.5 Å². The SMILES string of the molecule is CC(C)(O)Cn1cc2c(n1)CN(C(=O)Cc1cnc3c(n1)CN(C(=O)I)CC3)C2. The van der Waals surface area contributed by atoms with Crippen LogP contribution in [0.3, 0.4) is 0 Å². The molecule has 2 amide bonds. The third-order valence-electron chi connectivity index (χ3n) is 5.05. The quantitative estimate of drug-likeness (QED) is 0.380. The van der Waals surface area contributed by atoms with Crippen LogP contribution in [0.5, 0.6) is 0 Å². The zero-order valence-electron chi connectivity index (χ0n) is 16.4. The largest absolute Gasteiger partial charge is 0.389 e. The second kappa shape index (κ2) is 7.63. The van der Waals surface area contributed by atoms with Gasteiger partial charge in [0.2, 0.25) is 5.91 Å². The van der Waals surface area contributed by atoms with E-state index in [1.54, 1.807) is 57.1 Å². The first-order chi connectivity index (χ1) is 13.7. The van der Waals surface area contributed by atoms with E-state index < -0.39 is 5.60 Å². The van der Waals surface area contributed by atoms with Crippen molar-refractivity contribution in [3.8, 4) is 0 Å². The van der Waals surface area contributed by atoms with Gasteiger partial charge in [0.15, 0.2) is 0 Å². The second-order valence-corrected chi connectivity index (χ2v) is 9.14. The van der Waals surface area contributed by atoms with Crippen molar-refractivity contribution < 1.29 is 14.7 Å². The van der Waals surface area contributed by atoms with Crippen molar-refractivity contribution in [2.75, 3.05) is 6.54 Å². The zero-order valence-corrected chi connectivity index (χ0v) is 18.6. The number of carbonyl (C=O) groups excluding carboxylic acids is 2. The third kappa shape index (κ3) is 4.58. The van der Waals surface area contributed by atoms with Crippen LogP contribution in [0.4, 0.5) is 4.79 Å². The Hall–Kier alpha value is -2.08. The van der Waals surface area contributed by atoms with Crippen molar-refractivity contribution in [2.24, 2.45) is 0 Å². The minimum Gasteiger partial charge on any atom is -0.389 e. The maximum absolute atomic E-state index is 12.8. The first-order valence-corrected chi connectivity index (χ1v) is 10.6. The van der Waals surface area contributed by atoms with Crippen LogP contribution >= 0.6 is 22.6 Å². The Bertz CT molecular complexity index is 944. The summed E-state index contributed by atoms with van der Waals surface area (Å²) in [6.45, 7) is 5.95. The Labute approximate surface area is 182 Å². The fraction of sp³-hybridized carbons (Fsp3) is 0.526. The normalized spacial score (nSPS) is 16.0. The summed E-state index contributed by atoms with van der Waals surface area (Å²) < 4.78 is 1.73. The fourth-order valence-electron chi connectivity index (χ4n) is 3.70. The smallest absolute Gasteiger partial charge is 0.283 e. The molecule has 0 atom stereocenters. The molecule has 0 aliphatic carbocycles. The molecule has 2 aliphatic heterocycles. The lowest BCUT2D eigenvalue weighted by molar-refractivity contribution is -0.131. The molecule has 10 heteroatoms. The Kier molecular flexibility index (Phi) is 5.32. The number of amides is 2. The predicted molar refractivity (Wildman–Crippen MR) is 112 cm³/mol. The van der Waals surface area contributed by atoms with E-state index in [4.69, 9.17) is 0 Å². The van der Waals surface area contributed by atoms with E-state index in [2.05, 4.69) is 15.1 Å². The lowest BCUT2D eigenvalue weighted by atomic mass is 10.1. The first kappa shape index (κ1) is 20.2. The zero-order chi connectivity index (χ0) is 20.8. The van der Waals surface area contributed by atoms with E-state index in [1.165, 1.54) is 0 Å². The molecule has 29 heavy (non-hydrogen) atoms. The summed E-state index contributed by atoms with van der Waals surface area (Å²) in [6, 6.07) is 0. The van der Waals surface area contributed by atoms with Gasteiger partial charge in [-0.25, -0.2) is 0 Å². The van der Waals surface area contributed by atoms with Crippen LogP contribution < -0.4 is 0 Å². The molecule has 0 saturated carbocycles. The molecule has 0 unspecified atom stereocenters. The van der Waals surface area contributed by atoms with E-state index in [0.717, 1.165) is 22.6 Å². The van der Waals surface area contributed by atoms with Crippen LogP contribution in [0.25, 0.3) is 0 Å². The highest BCUT2D eigenvalue weighted by Crippen LogP contribution is 2.23. The van der Waals surface area contributed by atoms with Gasteiger partial charge in [-0.1, -0.05) is 0 Å². The summed E-state index contributed by atoms with van der Waals surface area (Å²) in [5, 5.41) is 14.4. The molecule has 4 heterocycles. The summed E-state index contributed by atoms with van der Waals surface area (Å²) in [7, 11) is 0. The second-order valence-electron chi connectivity index (χ2n) is 8.22. The van der Waals surface area contributed by atoms with Gasteiger partial charge < -0.3 is 14.9 Å². The molecule has 0 radical (unpaired) electrons. The van der Waals surface area contributed by atoms with E-state index in [9.17, 15) is 14.7 Å². The molecule has 0 spiro atoms. The molecule has 0 bridgehead atoms. The number of carbonyl (C=O) groups is 2. The van der Waals surface area contributed by atoms with Gasteiger partial charge >= 0.3 is 0 Å². The van der Waals surface area contributed by atoms with Crippen molar-refractivity contribution in [1.82, 2.24) is 29.5 Å². The molecule has 2 aromatic heterocycles. The van der Waals surface area contributed by atoms with Gasteiger partial charge in [0.1, 0.15) is 0 Å². The Morgan fingerprint density at radius 3 is 2.62 bits per heavy atom. The van der Waals surface area contributed by atoms with Gasteiger partial charge in [-0.3, -0.25) is 24.2 Å². The van der Waals surface area contributed by atoms with Crippen LogP contribution in [-0.4, -0.2) is 56.6 Å². The molecule has 2 aliphatic rings. The van der Waals surface area contributed by atoms with Crippen LogP contribution in [0.15, 0.2) is 12.4 Å². The van der Waals surface area contributed by atoms with Crippen molar-refractivity contribution in [1.29, 1.82) is 0 Å². The number of fused-ring (bicyclic) bond motifs is 2. The highest BCUT2D eigenvalue weighted by molar-refractivity contribution is 14.1. The van der Waals surface area contributed by atoms with Crippen LogP contribution in [-0.2, 0) is 43.8 Å². The van der Waals surface area contributed by atoms with E-state index in [0.29, 0.717) is 44.8 Å². The Balaban J connectivity index is 1.39. The third-order valence-corrected chi connectivity index (χ3v) is 5.73. The van der Waals surface area contributed by atoms with E-state index in [-0.39, 0.29) is 16.2 Å². The fourth-order valence-corrected chi connectivity index (χ4v) is 4.11. The maximum atomic E-state index is 12.8. The number of hydrogen-bond acceptors (Lipinski definition) is 6. The first-order valence-electron chi connectivity index (χ1n) is 9.51. The summed E-state index contributed by atoms with van der Waals surface area (Å²) in [5.74, 6) is -0.0241. The average molecular weight is 510 g/mol. The molecular weight excluding hydrogens is 487 g/mol. The lowest BCUT2D eigenvalue weighted by Gasteiger charge is -2.26.